The van der Waals surface area contributed by atoms with E-state index in [4.69, 9.17) is 0 Å². The van der Waals surface area contributed by atoms with Crippen molar-refractivity contribution in [1.82, 2.24) is 0 Å². The lowest BCUT2D eigenvalue weighted by atomic mass is 10.2. The fourth-order valence-electron chi connectivity index (χ4n) is 2.28. The topological polar surface area (TPSA) is 37.4 Å². The number of nitrogens with zero attached hydrogens (tertiary/aromatic N) is 1. The second kappa shape index (κ2) is 4.88. The molecule has 0 amide bonds. The van der Waals surface area contributed by atoms with E-state index in [0.29, 0.717) is 5.69 Å². The summed E-state index contributed by atoms with van der Waals surface area (Å²) in [6.45, 7) is 4.84. The van der Waals surface area contributed by atoms with Crippen LogP contribution in [-0.2, 0) is 9.84 Å². The molecule has 1 heterocycles. The van der Waals surface area contributed by atoms with Gasteiger partial charge >= 0.3 is 0 Å². The lowest BCUT2D eigenvalue weighted by molar-refractivity contribution is 0.587. The number of hydrogen-bond acceptors (Lipinski definition) is 3. The first-order valence-electron chi connectivity index (χ1n) is 6.23. The number of rotatable bonds is 3. The van der Waals surface area contributed by atoms with E-state index in [1.54, 1.807) is 13.0 Å². The van der Waals surface area contributed by atoms with Crippen LogP contribution in [0.1, 0.15) is 25.3 Å². The Morgan fingerprint density at radius 1 is 1.28 bits per heavy atom. The summed E-state index contributed by atoms with van der Waals surface area (Å²) in [5.41, 5.74) is 0.905. The Labute approximate surface area is 108 Å². The molecule has 1 aliphatic heterocycles. The van der Waals surface area contributed by atoms with Crippen LogP contribution >= 0.6 is 0 Å². The third-order valence-corrected chi connectivity index (χ3v) is 5.32. The largest absolute Gasteiger partial charge is 0.371 e. The summed E-state index contributed by atoms with van der Waals surface area (Å²) in [4.78, 5) is 2.17. The molecular formula is C13H18FNO2S. The predicted molar refractivity (Wildman–Crippen MR) is 70.3 cm³/mol. The van der Waals surface area contributed by atoms with Crippen LogP contribution in [0.5, 0.6) is 0 Å². The summed E-state index contributed by atoms with van der Waals surface area (Å²) >= 11 is 0. The summed E-state index contributed by atoms with van der Waals surface area (Å²) in [7, 11) is -3.37. The van der Waals surface area contributed by atoms with Crippen molar-refractivity contribution >= 4 is 15.5 Å². The fourth-order valence-corrected chi connectivity index (χ4v) is 3.45. The van der Waals surface area contributed by atoms with Gasteiger partial charge in [0.1, 0.15) is 5.82 Å². The lowest BCUT2D eigenvalue weighted by Gasteiger charge is -2.19. The minimum atomic E-state index is -3.37. The molecule has 0 bridgehead atoms. The maximum absolute atomic E-state index is 13.9. The molecule has 0 atom stereocenters. The van der Waals surface area contributed by atoms with Crippen molar-refractivity contribution in [1.29, 1.82) is 0 Å². The second-order valence-corrected chi connectivity index (χ2v) is 6.89. The molecule has 1 saturated heterocycles. The van der Waals surface area contributed by atoms with Gasteiger partial charge in [-0.3, -0.25) is 0 Å². The summed E-state index contributed by atoms with van der Waals surface area (Å²) in [5.74, 6) is -0.442. The zero-order valence-corrected chi connectivity index (χ0v) is 11.6. The molecule has 3 nitrogen and oxygen atoms in total. The maximum atomic E-state index is 13.9. The fraction of sp³-hybridized carbons (Fsp3) is 0.538. The van der Waals surface area contributed by atoms with Gasteiger partial charge in [0, 0.05) is 24.3 Å². The van der Waals surface area contributed by atoms with Crippen LogP contribution in [0, 0.1) is 12.7 Å². The van der Waals surface area contributed by atoms with Crippen molar-refractivity contribution in [2.45, 2.75) is 31.6 Å². The molecule has 5 heteroatoms. The van der Waals surface area contributed by atoms with Gasteiger partial charge in [-0.25, -0.2) is 12.8 Å². The van der Waals surface area contributed by atoms with Crippen LogP contribution in [0.3, 0.4) is 0 Å². The number of benzene rings is 1. The molecule has 1 aromatic rings. The minimum absolute atomic E-state index is 0.00324. The quantitative estimate of drug-likeness (QED) is 0.847. The molecule has 1 aliphatic rings. The van der Waals surface area contributed by atoms with Crippen LogP contribution in [0.4, 0.5) is 10.1 Å². The molecule has 18 heavy (non-hydrogen) atoms. The van der Waals surface area contributed by atoms with E-state index < -0.39 is 15.7 Å². The first-order chi connectivity index (χ1) is 8.45. The Kier molecular flexibility index (Phi) is 3.61. The molecule has 0 saturated carbocycles. The zero-order valence-electron chi connectivity index (χ0n) is 10.7. The average molecular weight is 271 g/mol. The van der Waals surface area contributed by atoms with E-state index >= 15 is 0 Å². The first-order valence-corrected chi connectivity index (χ1v) is 7.89. The molecule has 100 valence electrons. The maximum Gasteiger partial charge on any atom is 0.178 e. The van der Waals surface area contributed by atoms with Crippen molar-refractivity contribution < 1.29 is 12.8 Å². The molecule has 0 aromatic heterocycles. The second-order valence-electron chi connectivity index (χ2n) is 4.65. The third kappa shape index (κ3) is 2.36. The standard InChI is InChI=1S/C13H18FNO2S/c1-3-18(16,17)13-9-11(8-12(14)10(13)2)15-6-4-5-7-15/h8-9H,3-7H2,1-2H3. The van der Waals surface area contributed by atoms with Crippen LogP contribution < -0.4 is 4.90 Å². The molecule has 1 fully saturated rings. The lowest BCUT2D eigenvalue weighted by Crippen LogP contribution is -2.19. The van der Waals surface area contributed by atoms with Crippen LogP contribution in [0.15, 0.2) is 17.0 Å². The summed E-state index contributed by atoms with van der Waals surface area (Å²) in [6.07, 6.45) is 2.15. The normalized spacial score (nSPS) is 16.3. The highest BCUT2D eigenvalue weighted by Crippen LogP contribution is 2.28. The Morgan fingerprint density at radius 2 is 1.89 bits per heavy atom. The van der Waals surface area contributed by atoms with Crippen LogP contribution in [0.25, 0.3) is 0 Å². The zero-order chi connectivity index (χ0) is 13.3. The number of halogens is 1. The third-order valence-electron chi connectivity index (χ3n) is 3.47. The predicted octanol–water partition coefficient (Wildman–Crippen LogP) is 2.53. The van der Waals surface area contributed by atoms with Crippen molar-refractivity contribution in [3.63, 3.8) is 0 Å². The molecule has 0 N–H and O–H groups in total. The van der Waals surface area contributed by atoms with Crippen molar-refractivity contribution in [2.75, 3.05) is 23.7 Å². The van der Waals surface area contributed by atoms with Crippen LogP contribution in [0.2, 0.25) is 0 Å². The molecule has 0 radical (unpaired) electrons. The summed E-state index contributed by atoms with van der Waals surface area (Å²) in [6, 6.07) is 3.05. The van der Waals surface area contributed by atoms with E-state index in [9.17, 15) is 12.8 Å². The van der Waals surface area contributed by atoms with Gasteiger partial charge < -0.3 is 4.90 Å². The van der Waals surface area contributed by atoms with Gasteiger partial charge in [0.15, 0.2) is 9.84 Å². The van der Waals surface area contributed by atoms with Gasteiger partial charge in [-0.15, -0.1) is 0 Å². The Morgan fingerprint density at radius 3 is 2.44 bits per heavy atom. The van der Waals surface area contributed by atoms with Gasteiger partial charge in [-0.2, -0.15) is 0 Å². The van der Waals surface area contributed by atoms with Crippen molar-refractivity contribution in [3.05, 3.63) is 23.5 Å². The molecule has 0 spiro atoms. The number of sulfone groups is 1. The van der Waals surface area contributed by atoms with Crippen molar-refractivity contribution in [3.8, 4) is 0 Å². The van der Waals surface area contributed by atoms with Crippen LogP contribution in [-0.4, -0.2) is 27.3 Å². The van der Waals surface area contributed by atoms with E-state index in [2.05, 4.69) is 0 Å². The Hall–Kier alpha value is -1.10. The van der Waals surface area contributed by atoms with E-state index in [1.807, 2.05) is 4.90 Å². The van der Waals surface area contributed by atoms with E-state index in [0.717, 1.165) is 25.9 Å². The van der Waals surface area contributed by atoms with Gasteiger partial charge in [0.05, 0.1) is 10.6 Å². The molecule has 0 unspecified atom stereocenters. The molecule has 2 rings (SSSR count). The number of hydrogen-bond donors (Lipinski definition) is 0. The summed E-state index contributed by atoms with van der Waals surface area (Å²) in [5, 5.41) is 0. The van der Waals surface area contributed by atoms with Gasteiger partial charge in [0.2, 0.25) is 0 Å². The molecule has 1 aromatic carbocycles. The summed E-state index contributed by atoms with van der Waals surface area (Å²) < 4.78 is 37.8. The van der Waals surface area contributed by atoms with Crippen molar-refractivity contribution in [2.24, 2.45) is 0 Å². The van der Waals surface area contributed by atoms with Gasteiger partial charge in [-0.1, -0.05) is 6.92 Å². The average Bonchev–Trinajstić information content (AvgIpc) is 2.86. The molecule has 0 aliphatic carbocycles. The SMILES string of the molecule is CCS(=O)(=O)c1cc(N2CCCC2)cc(F)c1C. The van der Waals surface area contributed by atoms with Gasteiger partial charge in [0.25, 0.3) is 0 Å². The minimum Gasteiger partial charge on any atom is -0.371 e. The highest BCUT2D eigenvalue weighted by Gasteiger charge is 2.21. The molecular weight excluding hydrogens is 253 g/mol. The monoisotopic (exact) mass is 271 g/mol. The van der Waals surface area contributed by atoms with Gasteiger partial charge in [-0.05, 0) is 31.9 Å². The number of anilines is 1. The smallest absolute Gasteiger partial charge is 0.178 e. The highest BCUT2D eigenvalue weighted by molar-refractivity contribution is 7.91. The highest BCUT2D eigenvalue weighted by atomic mass is 32.2. The van der Waals surface area contributed by atoms with E-state index in [-0.39, 0.29) is 16.2 Å². The first kappa shape index (κ1) is 13.3. The Bertz CT molecular complexity index is 548. The van der Waals surface area contributed by atoms with E-state index in [1.165, 1.54) is 13.0 Å². The Balaban J connectivity index is 2.52.